The van der Waals surface area contributed by atoms with E-state index in [1.54, 1.807) is 18.3 Å². The molecular weight excluding hydrogens is 279 g/mol. The summed E-state index contributed by atoms with van der Waals surface area (Å²) in [6, 6.07) is 10.3. The molecule has 2 heterocycles. The summed E-state index contributed by atoms with van der Waals surface area (Å²) in [7, 11) is 0. The predicted molar refractivity (Wildman–Crippen MR) is 85.6 cm³/mol. The number of benzene rings is 1. The van der Waals surface area contributed by atoms with Crippen LogP contribution in [0.3, 0.4) is 0 Å². The Hall–Kier alpha value is -2.69. The van der Waals surface area contributed by atoms with Gasteiger partial charge >= 0.3 is 0 Å². The molecule has 0 radical (unpaired) electrons. The fourth-order valence-electron chi connectivity index (χ4n) is 2.48. The highest BCUT2D eigenvalue weighted by Crippen LogP contribution is 2.34. The third-order valence-electron chi connectivity index (χ3n) is 3.49. The summed E-state index contributed by atoms with van der Waals surface area (Å²) in [4.78, 5) is 4.02. The molecule has 0 aliphatic rings. The second kappa shape index (κ2) is 5.60. The first kappa shape index (κ1) is 14.3. The van der Waals surface area contributed by atoms with Gasteiger partial charge in [0.2, 0.25) is 0 Å². The van der Waals surface area contributed by atoms with E-state index in [2.05, 4.69) is 23.9 Å². The number of aromatic nitrogens is 3. The minimum Gasteiger partial charge on any atom is -0.384 e. The molecule has 0 atom stereocenters. The highest BCUT2D eigenvalue weighted by molar-refractivity contribution is 5.81. The smallest absolute Gasteiger partial charge is 0.123 e. The van der Waals surface area contributed by atoms with Crippen LogP contribution in [0.25, 0.3) is 22.4 Å². The van der Waals surface area contributed by atoms with E-state index >= 15 is 0 Å². The Balaban J connectivity index is 2.21. The first-order valence-corrected chi connectivity index (χ1v) is 7.11. The first-order valence-electron chi connectivity index (χ1n) is 7.11. The number of hydrogen-bond acceptors (Lipinski definition) is 3. The fraction of sp³-hybridized carbons (Fsp3) is 0.176. The molecule has 5 heteroatoms. The quantitative estimate of drug-likeness (QED) is 0.797. The summed E-state index contributed by atoms with van der Waals surface area (Å²) < 4.78 is 15.1. The molecule has 0 bridgehead atoms. The molecule has 112 valence electrons. The summed E-state index contributed by atoms with van der Waals surface area (Å²) in [6.45, 7) is 4.12. The molecule has 0 unspecified atom stereocenters. The molecule has 1 aromatic carbocycles. The Bertz CT molecular complexity index is 791. The molecule has 3 aromatic rings. The summed E-state index contributed by atoms with van der Waals surface area (Å²) in [5.41, 5.74) is 9.54. The average molecular weight is 296 g/mol. The van der Waals surface area contributed by atoms with Crippen molar-refractivity contribution in [1.29, 1.82) is 0 Å². The summed E-state index contributed by atoms with van der Waals surface area (Å²) >= 11 is 0. The molecule has 2 aromatic heterocycles. The van der Waals surface area contributed by atoms with Crippen LogP contribution in [0.5, 0.6) is 0 Å². The highest BCUT2D eigenvalue weighted by atomic mass is 19.1. The van der Waals surface area contributed by atoms with Crippen molar-refractivity contribution in [2.75, 3.05) is 5.73 Å². The van der Waals surface area contributed by atoms with Gasteiger partial charge in [0.25, 0.3) is 0 Å². The van der Waals surface area contributed by atoms with Crippen LogP contribution in [0.2, 0.25) is 0 Å². The lowest BCUT2D eigenvalue weighted by Crippen LogP contribution is -2.05. The Morgan fingerprint density at radius 2 is 1.82 bits per heavy atom. The van der Waals surface area contributed by atoms with Crippen molar-refractivity contribution >= 4 is 5.82 Å². The predicted octanol–water partition coefficient (Wildman–Crippen LogP) is 3.91. The fourth-order valence-corrected chi connectivity index (χ4v) is 2.48. The normalized spacial score (nSPS) is 11.1. The summed E-state index contributed by atoms with van der Waals surface area (Å²) in [5.74, 6) is 0.203. The Labute approximate surface area is 128 Å². The first-order chi connectivity index (χ1) is 10.6. The van der Waals surface area contributed by atoms with E-state index in [0.717, 1.165) is 22.4 Å². The van der Waals surface area contributed by atoms with Crippen LogP contribution >= 0.6 is 0 Å². The molecule has 0 aliphatic carbocycles. The molecule has 0 amide bonds. The Morgan fingerprint density at radius 1 is 1.09 bits per heavy atom. The third kappa shape index (κ3) is 2.57. The highest BCUT2D eigenvalue weighted by Gasteiger charge is 2.16. The van der Waals surface area contributed by atoms with Crippen molar-refractivity contribution in [3.63, 3.8) is 0 Å². The number of halogens is 1. The van der Waals surface area contributed by atoms with Gasteiger partial charge in [-0.2, -0.15) is 5.10 Å². The van der Waals surface area contributed by atoms with Crippen molar-refractivity contribution < 1.29 is 4.39 Å². The Kier molecular flexibility index (Phi) is 3.63. The van der Waals surface area contributed by atoms with Crippen molar-refractivity contribution in [2.24, 2.45) is 0 Å². The van der Waals surface area contributed by atoms with Crippen LogP contribution in [-0.2, 0) is 0 Å². The molecule has 4 nitrogen and oxygen atoms in total. The van der Waals surface area contributed by atoms with Crippen molar-refractivity contribution in [3.05, 3.63) is 54.6 Å². The van der Waals surface area contributed by atoms with Gasteiger partial charge in [-0.25, -0.2) is 9.37 Å². The van der Waals surface area contributed by atoms with Gasteiger partial charge in [0, 0.05) is 23.4 Å². The van der Waals surface area contributed by atoms with Gasteiger partial charge in [-0.3, -0.25) is 4.68 Å². The second-order valence-corrected chi connectivity index (χ2v) is 5.42. The SMILES string of the molecule is CC(C)n1ncc(-c2ccnc(N)c2)c1-c1ccc(F)cc1. The number of anilines is 1. The number of rotatable bonds is 3. The molecule has 3 rings (SSSR count). The van der Waals surface area contributed by atoms with Gasteiger partial charge in [0.1, 0.15) is 11.6 Å². The van der Waals surface area contributed by atoms with Crippen molar-refractivity contribution in [3.8, 4) is 22.4 Å². The molecule has 0 spiro atoms. The zero-order valence-corrected chi connectivity index (χ0v) is 12.5. The maximum atomic E-state index is 13.2. The summed E-state index contributed by atoms with van der Waals surface area (Å²) in [6.07, 6.45) is 3.49. The molecule has 0 aliphatic heterocycles. The van der Waals surface area contributed by atoms with Crippen LogP contribution in [0.15, 0.2) is 48.8 Å². The zero-order chi connectivity index (χ0) is 15.7. The molecule has 0 saturated heterocycles. The van der Waals surface area contributed by atoms with Crippen LogP contribution in [0.4, 0.5) is 10.2 Å². The monoisotopic (exact) mass is 296 g/mol. The van der Waals surface area contributed by atoms with Gasteiger partial charge in [0.05, 0.1) is 11.9 Å². The number of hydrogen-bond donors (Lipinski definition) is 1. The zero-order valence-electron chi connectivity index (χ0n) is 12.5. The minimum atomic E-state index is -0.255. The van der Waals surface area contributed by atoms with Gasteiger partial charge in [-0.1, -0.05) is 0 Å². The van der Waals surface area contributed by atoms with Crippen molar-refractivity contribution in [2.45, 2.75) is 19.9 Å². The lowest BCUT2D eigenvalue weighted by molar-refractivity contribution is 0.538. The van der Waals surface area contributed by atoms with Crippen LogP contribution in [-0.4, -0.2) is 14.8 Å². The van der Waals surface area contributed by atoms with E-state index in [9.17, 15) is 4.39 Å². The molecule has 0 saturated carbocycles. The standard InChI is InChI=1S/C17H17FN4/c1-11(2)22-17(12-3-5-14(18)6-4-12)15(10-21-22)13-7-8-20-16(19)9-13/h3-11H,1-2H3,(H2,19,20). The van der Waals surface area contributed by atoms with Crippen LogP contribution in [0.1, 0.15) is 19.9 Å². The van der Waals surface area contributed by atoms with Gasteiger partial charge in [0.15, 0.2) is 0 Å². The molecular formula is C17H17FN4. The van der Waals surface area contributed by atoms with Crippen LogP contribution < -0.4 is 5.73 Å². The van der Waals surface area contributed by atoms with E-state index < -0.39 is 0 Å². The van der Waals surface area contributed by atoms with E-state index in [1.165, 1.54) is 12.1 Å². The lowest BCUT2D eigenvalue weighted by atomic mass is 10.0. The van der Waals surface area contributed by atoms with Crippen molar-refractivity contribution in [1.82, 2.24) is 14.8 Å². The number of nitrogen functional groups attached to an aromatic ring is 1. The lowest BCUT2D eigenvalue weighted by Gasteiger charge is -2.13. The van der Waals surface area contributed by atoms with Gasteiger partial charge < -0.3 is 5.73 Å². The topological polar surface area (TPSA) is 56.7 Å². The number of nitrogens with zero attached hydrogens (tertiary/aromatic N) is 3. The maximum absolute atomic E-state index is 13.2. The van der Waals surface area contributed by atoms with Gasteiger partial charge in [-0.05, 0) is 55.8 Å². The Morgan fingerprint density at radius 3 is 2.45 bits per heavy atom. The van der Waals surface area contributed by atoms with E-state index in [-0.39, 0.29) is 11.9 Å². The maximum Gasteiger partial charge on any atom is 0.123 e. The summed E-state index contributed by atoms with van der Waals surface area (Å²) in [5, 5.41) is 4.48. The average Bonchev–Trinajstić information content (AvgIpc) is 2.93. The number of nitrogens with two attached hydrogens (primary N) is 1. The van der Waals surface area contributed by atoms with E-state index in [1.807, 2.05) is 23.0 Å². The largest absolute Gasteiger partial charge is 0.384 e. The third-order valence-corrected chi connectivity index (χ3v) is 3.49. The van der Waals surface area contributed by atoms with E-state index in [4.69, 9.17) is 5.73 Å². The molecule has 0 fully saturated rings. The van der Waals surface area contributed by atoms with E-state index in [0.29, 0.717) is 5.82 Å². The second-order valence-electron chi connectivity index (χ2n) is 5.42. The molecule has 22 heavy (non-hydrogen) atoms. The van der Waals surface area contributed by atoms with Crippen LogP contribution in [0, 0.1) is 5.82 Å². The van der Waals surface area contributed by atoms with Gasteiger partial charge in [-0.15, -0.1) is 0 Å². The number of pyridine rings is 1. The molecule has 2 N–H and O–H groups in total. The minimum absolute atomic E-state index is 0.188.